The number of thiophene rings is 1. The molecule has 2 nitrogen and oxygen atoms in total. The normalized spacial score (nSPS) is 15.1. The highest BCUT2D eigenvalue weighted by Gasteiger charge is 2.06. The third-order valence-corrected chi connectivity index (χ3v) is 3.46. The van der Waals surface area contributed by atoms with Crippen molar-refractivity contribution in [2.75, 3.05) is 7.11 Å². The first kappa shape index (κ1) is 12.7. The minimum absolute atomic E-state index is 0.308. The first-order valence-electron chi connectivity index (χ1n) is 5.52. The van der Waals surface area contributed by atoms with Gasteiger partial charge in [0.25, 0.3) is 0 Å². The zero-order valence-electron chi connectivity index (χ0n) is 9.61. The molecule has 0 spiro atoms. The highest BCUT2D eigenvalue weighted by Crippen LogP contribution is 2.12. The van der Waals surface area contributed by atoms with Crippen LogP contribution in [-0.4, -0.2) is 19.3 Å². The van der Waals surface area contributed by atoms with Crippen LogP contribution in [0.15, 0.2) is 16.8 Å². The molecule has 0 aromatic carbocycles. The van der Waals surface area contributed by atoms with Crippen LogP contribution in [0.1, 0.15) is 31.7 Å². The Morgan fingerprint density at radius 2 is 2.20 bits per heavy atom. The molecule has 1 aromatic rings. The number of nitrogens with two attached hydrogens (primary N) is 1. The van der Waals surface area contributed by atoms with Crippen molar-refractivity contribution in [3.8, 4) is 0 Å². The van der Waals surface area contributed by atoms with Gasteiger partial charge in [-0.15, -0.1) is 0 Å². The summed E-state index contributed by atoms with van der Waals surface area (Å²) in [6.45, 7) is 2.09. The first-order chi connectivity index (χ1) is 7.22. The maximum Gasteiger partial charge on any atom is 0.0543 e. The Balaban J connectivity index is 2.11. The minimum Gasteiger partial charge on any atom is -0.382 e. The Morgan fingerprint density at radius 1 is 1.40 bits per heavy atom. The maximum atomic E-state index is 6.04. The van der Waals surface area contributed by atoms with Crippen LogP contribution in [0.3, 0.4) is 0 Å². The molecule has 0 aliphatic heterocycles. The molecular formula is C12H21NOS. The fourth-order valence-electron chi connectivity index (χ4n) is 1.50. The smallest absolute Gasteiger partial charge is 0.0543 e. The maximum absolute atomic E-state index is 6.04. The lowest BCUT2D eigenvalue weighted by Crippen LogP contribution is -2.22. The Hall–Kier alpha value is -0.380. The Morgan fingerprint density at radius 3 is 2.80 bits per heavy atom. The summed E-state index contributed by atoms with van der Waals surface area (Å²) in [6.07, 6.45) is 4.62. The van der Waals surface area contributed by atoms with Crippen LogP contribution in [0.2, 0.25) is 0 Å². The molecular weight excluding hydrogens is 206 g/mol. The van der Waals surface area contributed by atoms with E-state index < -0.39 is 0 Å². The molecule has 2 N–H and O–H groups in total. The topological polar surface area (TPSA) is 35.2 Å². The molecule has 0 radical (unpaired) electrons. The van der Waals surface area contributed by atoms with Gasteiger partial charge in [-0.05, 0) is 55.0 Å². The van der Waals surface area contributed by atoms with Gasteiger partial charge < -0.3 is 10.5 Å². The molecule has 0 amide bonds. The van der Waals surface area contributed by atoms with Gasteiger partial charge in [0.05, 0.1) is 6.10 Å². The summed E-state index contributed by atoms with van der Waals surface area (Å²) in [7, 11) is 1.75. The lowest BCUT2D eigenvalue weighted by molar-refractivity contribution is 0.107. The highest BCUT2D eigenvalue weighted by atomic mass is 32.1. The van der Waals surface area contributed by atoms with Gasteiger partial charge in [-0.3, -0.25) is 0 Å². The van der Waals surface area contributed by atoms with Crippen molar-refractivity contribution in [3.05, 3.63) is 22.4 Å². The van der Waals surface area contributed by atoms with Crippen LogP contribution in [0.5, 0.6) is 0 Å². The summed E-state index contributed by atoms with van der Waals surface area (Å²) in [5.41, 5.74) is 7.45. The van der Waals surface area contributed by atoms with E-state index >= 15 is 0 Å². The van der Waals surface area contributed by atoms with Gasteiger partial charge in [-0.2, -0.15) is 11.3 Å². The van der Waals surface area contributed by atoms with Crippen molar-refractivity contribution in [2.45, 2.75) is 44.8 Å². The monoisotopic (exact) mass is 227 g/mol. The largest absolute Gasteiger partial charge is 0.382 e. The molecule has 3 heteroatoms. The molecule has 0 aliphatic carbocycles. The Kier molecular flexibility index (Phi) is 5.91. The number of aryl methyl sites for hydroxylation is 1. The van der Waals surface area contributed by atoms with Crippen LogP contribution >= 0.6 is 11.3 Å². The molecule has 1 aromatic heterocycles. The third kappa shape index (κ3) is 5.30. The highest BCUT2D eigenvalue weighted by molar-refractivity contribution is 7.07. The summed E-state index contributed by atoms with van der Waals surface area (Å²) in [5, 5.41) is 4.32. The number of hydrogen-bond donors (Lipinski definition) is 1. The molecule has 0 saturated heterocycles. The number of methoxy groups -OCH3 is 1. The van der Waals surface area contributed by atoms with Crippen LogP contribution in [0, 0.1) is 0 Å². The minimum atomic E-state index is 0.308. The predicted molar refractivity (Wildman–Crippen MR) is 66.3 cm³/mol. The van der Waals surface area contributed by atoms with Gasteiger partial charge in [0.15, 0.2) is 0 Å². The fraction of sp³-hybridized carbons (Fsp3) is 0.667. The van der Waals surface area contributed by atoms with E-state index in [2.05, 4.69) is 23.8 Å². The van der Waals surface area contributed by atoms with E-state index in [4.69, 9.17) is 10.5 Å². The predicted octanol–water partition coefficient (Wildman–Crippen LogP) is 2.82. The summed E-state index contributed by atoms with van der Waals surface area (Å²) in [6, 6.07) is 2.48. The van der Waals surface area contributed by atoms with E-state index in [9.17, 15) is 0 Å². The lowest BCUT2D eigenvalue weighted by Gasteiger charge is -2.14. The molecule has 0 saturated carbocycles. The zero-order chi connectivity index (χ0) is 11.1. The van der Waals surface area contributed by atoms with Crippen molar-refractivity contribution in [2.24, 2.45) is 5.73 Å². The number of rotatable bonds is 7. The molecule has 0 bridgehead atoms. The van der Waals surface area contributed by atoms with Crippen LogP contribution in [0.4, 0.5) is 0 Å². The van der Waals surface area contributed by atoms with Crippen molar-refractivity contribution >= 4 is 11.3 Å². The summed E-state index contributed by atoms with van der Waals surface area (Å²) < 4.78 is 5.20. The second-order valence-corrected chi connectivity index (χ2v) is 4.83. The van der Waals surface area contributed by atoms with Crippen molar-refractivity contribution in [3.63, 3.8) is 0 Å². The van der Waals surface area contributed by atoms with E-state index in [1.165, 1.54) is 5.56 Å². The average Bonchev–Trinajstić information content (AvgIpc) is 2.75. The van der Waals surface area contributed by atoms with Gasteiger partial charge in [0.1, 0.15) is 0 Å². The van der Waals surface area contributed by atoms with Crippen LogP contribution in [-0.2, 0) is 11.2 Å². The van der Waals surface area contributed by atoms with Crippen molar-refractivity contribution in [1.29, 1.82) is 0 Å². The Bertz CT molecular complexity index is 248. The second-order valence-electron chi connectivity index (χ2n) is 4.05. The Labute approximate surface area is 96.4 Å². The van der Waals surface area contributed by atoms with E-state index in [1.807, 2.05) is 0 Å². The summed E-state index contributed by atoms with van der Waals surface area (Å²) in [5.74, 6) is 0. The standard InChI is InChI=1S/C12H21NOS/c1-10(14-2)3-5-12(13)6-4-11-7-8-15-9-11/h7-10,12H,3-6,13H2,1-2H3. The van der Waals surface area contributed by atoms with Gasteiger partial charge in [-0.1, -0.05) is 0 Å². The molecule has 1 heterocycles. The van der Waals surface area contributed by atoms with Crippen molar-refractivity contribution in [1.82, 2.24) is 0 Å². The fourth-order valence-corrected chi connectivity index (χ4v) is 2.20. The van der Waals surface area contributed by atoms with Gasteiger partial charge >= 0.3 is 0 Å². The van der Waals surface area contributed by atoms with Crippen LogP contribution < -0.4 is 5.73 Å². The first-order valence-corrected chi connectivity index (χ1v) is 6.46. The molecule has 0 aliphatic rings. The van der Waals surface area contributed by atoms with Crippen molar-refractivity contribution < 1.29 is 4.74 Å². The van der Waals surface area contributed by atoms with Gasteiger partial charge in [0, 0.05) is 13.2 Å². The number of ether oxygens (including phenoxy) is 1. The molecule has 2 unspecified atom stereocenters. The molecule has 86 valence electrons. The molecule has 15 heavy (non-hydrogen) atoms. The summed E-state index contributed by atoms with van der Waals surface area (Å²) >= 11 is 1.75. The second kappa shape index (κ2) is 6.99. The van der Waals surface area contributed by atoms with E-state index in [1.54, 1.807) is 18.4 Å². The quantitative estimate of drug-likeness (QED) is 0.777. The SMILES string of the molecule is COC(C)CCC(N)CCc1ccsc1. The molecule has 2 atom stereocenters. The zero-order valence-corrected chi connectivity index (χ0v) is 10.4. The average molecular weight is 227 g/mol. The number of hydrogen-bond acceptors (Lipinski definition) is 3. The lowest BCUT2D eigenvalue weighted by atomic mass is 10.0. The molecule has 1 rings (SSSR count). The third-order valence-electron chi connectivity index (χ3n) is 2.73. The van der Waals surface area contributed by atoms with Gasteiger partial charge in [0.2, 0.25) is 0 Å². The van der Waals surface area contributed by atoms with E-state index in [0.29, 0.717) is 12.1 Å². The van der Waals surface area contributed by atoms with Crippen LogP contribution in [0.25, 0.3) is 0 Å². The van der Waals surface area contributed by atoms with Gasteiger partial charge in [-0.25, -0.2) is 0 Å². The summed E-state index contributed by atoms with van der Waals surface area (Å²) in [4.78, 5) is 0. The van der Waals surface area contributed by atoms with E-state index in [0.717, 1.165) is 25.7 Å². The molecule has 0 fully saturated rings. The van der Waals surface area contributed by atoms with E-state index in [-0.39, 0.29) is 0 Å².